The first-order valence-corrected chi connectivity index (χ1v) is 10.2. The van der Waals surface area contributed by atoms with Gasteiger partial charge in [0.25, 0.3) is 20.0 Å². The summed E-state index contributed by atoms with van der Waals surface area (Å²) in [6.07, 6.45) is 2.97. The number of alkyl halides is 1. The maximum absolute atomic E-state index is 12.5. The molecule has 0 atom stereocenters. The predicted molar refractivity (Wildman–Crippen MR) is 91.1 cm³/mol. The number of halogens is 1. The van der Waals surface area contributed by atoms with E-state index in [0.717, 1.165) is 11.8 Å². The van der Waals surface area contributed by atoms with Gasteiger partial charge in [-0.2, -0.15) is 14.4 Å². The van der Waals surface area contributed by atoms with Gasteiger partial charge < -0.3 is 4.98 Å². The highest BCUT2D eigenvalue weighted by Gasteiger charge is 2.22. The van der Waals surface area contributed by atoms with Crippen LogP contribution >= 0.6 is 0 Å². The number of aromatic amines is 1. The third-order valence-corrected chi connectivity index (χ3v) is 6.04. The Morgan fingerprint density at radius 2 is 2.08 bits per heavy atom. The van der Waals surface area contributed by atoms with Gasteiger partial charge in [-0.1, -0.05) is 6.07 Å². The molecule has 0 spiro atoms. The fraction of sp³-hybridized carbons (Fsp3) is 0.143. The number of nitrogens with one attached hydrogen (secondary N) is 2. The zero-order chi connectivity index (χ0) is 19.1. The van der Waals surface area contributed by atoms with E-state index in [1.807, 2.05) is 6.07 Å². The van der Waals surface area contributed by atoms with Crippen molar-refractivity contribution in [3.8, 4) is 6.07 Å². The molecule has 0 aliphatic rings. The number of rotatable bonds is 5. The second kappa shape index (κ2) is 6.11. The van der Waals surface area contributed by atoms with E-state index < -0.39 is 30.9 Å². The van der Waals surface area contributed by atoms with E-state index in [1.165, 1.54) is 12.3 Å². The molecule has 0 saturated heterocycles. The second-order valence-electron chi connectivity index (χ2n) is 5.37. The van der Waals surface area contributed by atoms with Gasteiger partial charge >= 0.3 is 0 Å². The van der Waals surface area contributed by atoms with Crippen LogP contribution in [0.15, 0.2) is 35.6 Å². The summed E-state index contributed by atoms with van der Waals surface area (Å²) in [7, 11) is -8.53. The molecule has 1 aromatic carbocycles. The molecular weight excluding hydrogens is 385 g/mol. The molecule has 0 fully saturated rings. The molecule has 0 saturated carbocycles. The monoisotopic (exact) mass is 397 g/mol. The lowest BCUT2D eigenvalue weighted by Gasteiger charge is -2.09. The van der Waals surface area contributed by atoms with Crippen molar-refractivity contribution in [2.45, 2.75) is 11.8 Å². The lowest BCUT2D eigenvalue weighted by atomic mass is 10.1. The number of fused-ring (bicyclic) bond motifs is 1. The Bertz CT molecular complexity index is 1250. The molecule has 0 aliphatic heterocycles. The minimum Gasteiger partial charge on any atom is -0.358 e. The van der Waals surface area contributed by atoms with Crippen LogP contribution in [0.1, 0.15) is 11.1 Å². The molecule has 2 heterocycles. The summed E-state index contributed by atoms with van der Waals surface area (Å²) in [5, 5.41) is 13.1. The standard InChI is InChI=1S/C14H12FN5O4S2/c1-9-2-3-12(14-13(9)10(4-16)5-17-14)19-26(23,24)11-6-18-20(7-11)25(21,22)8-15/h2-3,5-7,17,19H,8H2,1H3. The Balaban J connectivity index is 2.04. The fourth-order valence-corrected chi connectivity index (χ4v) is 4.06. The van der Waals surface area contributed by atoms with Crippen LogP contribution in [0.3, 0.4) is 0 Å². The van der Waals surface area contributed by atoms with Crippen LogP contribution in [-0.4, -0.2) is 37.0 Å². The normalized spacial score (nSPS) is 12.2. The van der Waals surface area contributed by atoms with Gasteiger partial charge in [-0.15, -0.1) is 0 Å². The second-order valence-corrected chi connectivity index (χ2v) is 8.81. The van der Waals surface area contributed by atoms with Gasteiger partial charge in [-0.25, -0.2) is 21.2 Å². The SMILES string of the molecule is Cc1ccc(NS(=O)(=O)c2cnn(S(=O)(=O)CF)c2)c2[nH]cc(C#N)c12. The number of nitriles is 1. The van der Waals surface area contributed by atoms with Gasteiger partial charge in [-0.05, 0) is 18.6 Å². The largest absolute Gasteiger partial charge is 0.358 e. The molecule has 2 aromatic heterocycles. The number of nitrogens with zero attached hydrogens (tertiary/aromatic N) is 3. The van der Waals surface area contributed by atoms with E-state index in [0.29, 0.717) is 22.7 Å². The molecule has 0 amide bonds. The van der Waals surface area contributed by atoms with Gasteiger partial charge in [0.2, 0.25) is 6.01 Å². The van der Waals surface area contributed by atoms with Crippen molar-refractivity contribution in [1.29, 1.82) is 5.26 Å². The van der Waals surface area contributed by atoms with Crippen molar-refractivity contribution in [2.75, 3.05) is 10.7 Å². The maximum atomic E-state index is 12.5. The molecule has 2 N–H and O–H groups in total. The van der Waals surface area contributed by atoms with Crippen LogP contribution in [0.2, 0.25) is 0 Å². The molecule has 26 heavy (non-hydrogen) atoms. The van der Waals surface area contributed by atoms with Crippen LogP contribution in [0.5, 0.6) is 0 Å². The highest BCUT2D eigenvalue weighted by atomic mass is 32.2. The third-order valence-electron chi connectivity index (χ3n) is 3.68. The van der Waals surface area contributed by atoms with Crippen molar-refractivity contribution in [3.63, 3.8) is 0 Å². The first-order chi connectivity index (χ1) is 12.2. The average molecular weight is 397 g/mol. The van der Waals surface area contributed by atoms with Gasteiger partial charge in [0.1, 0.15) is 11.0 Å². The minimum atomic E-state index is -4.35. The quantitative estimate of drug-likeness (QED) is 0.668. The van der Waals surface area contributed by atoms with E-state index in [9.17, 15) is 21.2 Å². The van der Waals surface area contributed by atoms with Gasteiger partial charge in [0.15, 0.2) is 0 Å². The topological polar surface area (TPSA) is 138 Å². The number of hydrogen-bond donors (Lipinski definition) is 2. The minimum absolute atomic E-state index is 0.174. The zero-order valence-corrected chi connectivity index (χ0v) is 14.9. The molecule has 0 aliphatic carbocycles. The fourth-order valence-electron chi connectivity index (χ4n) is 2.43. The van der Waals surface area contributed by atoms with Crippen molar-refractivity contribution < 1.29 is 21.2 Å². The van der Waals surface area contributed by atoms with Crippen molar-refractivity contribution in [2.24, 2.45) is 0 Å². The first kappa shape index (κ1) is 17.9. The number of aryl methyl sites for hydroxylation is 1. The van der Waals surface area contributed by atoms with Crippen LogP contribution in [0.4, 0.5) is 10.1 Å². The Kier molecular flexibility index (Phi) is 4.21. The van der Waals surface area contributed by atoms with E-state index >= 15 is 0 Å². The number of sulfonamides is 1. The van der Waals surface area contributed by atoms with Crippen LogP contribution in [0.25, 0.3) is 10.9 Å². The molecule has 0 bridgehead atoms. The highest BCUT2D eigenvalue weighted by molar-refractivity contribution is 7.93. The summed E-state index contributed by atoms with van der Waals surface area (Å²) in [4.78, 5) is 2.40. The molecule has 9 nitrogen and oxygen atoms in total. The van der Waals surface area contributed by atoms with Crippen molar-refractivity contribution in [1.82, 2.24) is 14.2 Å². The van der Waals surface area contributed by atoms with E-state index in [1.54, 1.807) is 13.0 Å². The summed E-state index contributed by atoms with van der Waals surface area (Å²) in [5.74, 6) is 0. The number of anilines is 1. The summed E-state index contributed by atoms with van der Waals surface area (Å²) < 4.78 is 62.9. The number of aromatic nitrogens is 3. The molecule has 3 aromatic rings. The zero-order valence-electron chi connectivity index (χ0n) is 13.3. The summed E-state index contributed by atoms with van der Waals surface area (Å²) in [5.41, 5.74) is 1.73. The Morgan fingerprint density at radius 3 is 2.73 bits per heavy atom. The Hall–Kier alpha value is -2.91. The summed E-state index contributed by atoms with van der Waals surface area (Å²) in [6.45, 7) is 1.78. The van der Waals surface area contributed by atoms with Crippen LogP contribution in [0, 0.1) is 18.3 Å². The Labute approximate surface area is 148 Å². The lowest BCUT2D eigenvalue weighted by molar-refractivity contribution is 0.522. The van der Waals surface area contributed by atoms with Gasteiger partial charge in [0.05, 0.1) is 29.2 Å². The van der Waals surface area contributed by atoms with Crippen molar-refractivity contribution in [3.05, 3.63) is 41.9 Å². The van der Waals surface area contributed by atoms with Gasteiger partial charge in [-0.3, -0.25) is 4.72 Å². The van der Waals surface area contributed by atoms with Gasteiger partial charge in [0, 0.05) is 11.6 Å². The van der Waals surface area contributed by atoms with Crippen molar-refractivity contribution >= 4 is 36.6 Å². The summed E-state index contributed by atoms with van der Waals surface area (Å²) >= 11 is 0. The van der Waals surface area contributed by atoms with E-state index in [4.69, 9.17) is 5.26 Å². The number of hydrogen-bond acceptors (Lipinski definition) is 6. The lowest BCUT2D eigenvalue weighted by Crippen LogP contribution is -2.15. The molecular formula is C14H12FN5O4S2. The van der Waals surface area contributed by atoms with Crippen LogP contribution in [-0.2, 0) is 20.0 Å². The number of H-pyrrole nitrogens is 1. The Morgan fingerprint density at radius 1 is 1.35 bits per heavy atom. The third kappa shape index (κ3) is 2.91. The number of benzene rings is 1. The predicted octanol–water partition coefficient (Wildman–Crippen LogP) is 1.45. The van der Waals surface area contributed by atoms with Crippen LogP contribution < -0.4 is 4.72 Å². The molecule has 0 radical (unpaired) electrons. The highest BCUT2D eigenvalue weighted by Crippen LogP contribution is 2.29. The van der Waals surface area contributed by atoms with E-state index in [2.05, 4.69) is 14.8 Å². The molecule has 12 heteroatoms. The first-order valence-electron chi connectivity index (χ1n) is 7.07. The molecule has 136 valence electrons. The molecule has 0 unspecified atom stereocenters. The molecule has 3 rings (SSSR count). The van der Waals surface area contributed by atoms with E-state index in [-0.39, 0.29) is 9.77 Å². The maximum Gasteiger partial charge on any atom is 0.283 e. The summed E-state index contributed by atoms with van der Waals surface area (Å²) in [6, 6.07) is 3.46. The average Bonchev–Trinajstić information content (AvgIpc) is 3.25. The smallest absolute Gasteiger partial charge is 0.283 e.